The molecular formula is C12H18N4O3. The molecule has 0 aliphatic carbocycles. The van der Waals surface area contributed by atoms with Gasteiger partial charge in [-0.25, -0.2) is 4.98 Å². The first-order valence-corrected chi connectivity index (χ1v) is 5.97. The van der Waals surface area contributed by atoms with Crippen LogP contribution in [-0.4, -0.2) is 43.1 Å². The third kappa shape index (κ3) is 5.82. The molecule has 0 aliphatic rings. The minimum Gasteiger partial charge on any atom is -0.370 e. The maximum atomic E-state index is 11.7. The number of ether oxygens (including phenoxy) is 1. The van der Waals surface area contributed by atoms with Gasteiger partial charge in [0.15, 0.2) is 0 Å². The fourth-order valence-corrected chi connectivity index (χ4v) is 1.33. The maximum Gasteiger partial charge on any atom is 0.252 e. The molecule has 7 heteroatoms. The van der Waals surface area contributed by atoms with E-state index in [0.29, 0.717) is 12.1 Å². The number of rotatable bonds is 8. The van der Waals surface area contributed by atoms with Gasteiger partial charge in [-0.1, -0.05) is 0 Å². The van der Waals surface area contributed by atoms with E-state index in [0.717, 1.165) is 12.4 Å². The van der Waals surface area contributed by atoms with Crippen LogP contribution in [-0.2, 0) is 9.53 Å². The monoisotopic (exact) mass is 266 g/mol. The van der Waals surface area contributed by atoms with Gasteiger partial charge in [-0.3, -0.25) is 9.59 Å². The molecule has 0 spiro atoms. The number of carbonyl (C=O) groups is 2. The van der Waals surface area contributed by atoms with E-state index in [9.17, 15) is 9.59 Å². The van der Waals surface area contributed by atoms with E-state index in [1.54, 1.807) is 12.1 Å². The molecule has 7 nitrogen and oxygen atoms in total. The molecular weight excluding hydrogens is 248 g/mol. The fraction of sp³-hybridized carbons (Fsp3) is 0.417. The summed E-state index contributed by atoms with van der Waals surface area (Å²) in [7, 11) is 0. The second-order valence-corrected chi connectivity index (χ2v) is 3.74. The molecule has 19 heavy (non-hydrogen) atoms. The van der Waals surface area contributed by atoms with Crippen LogP contribution in [0.15, 0.2) is 18.3 Å². The van der Waals surface area contributed by atoms with E-state index in [1.165, 1.54) is 6.20 Å². The van der Waals surface area contributed by atoms with E-state index in [-0.39, 0.29) is 19.1 Å². The van der Waals surface area contributed by atoms with Gasteiger partial charge in [-0.05, 0) is 19.1 Å². The van der Waals surface area contributed by atoms with Crippen molar-refractivity contribution in [3.05, 3.63) is 23.9 Å². The van der Waals surface area contributed by atoms with Crippen LogP contribution in [0.2, 0.25) is 0 Å². The van der Waals surface area contributed by atoms with Gasteiger partial charge in [0.25, 0.3) is 5.91 Å². The quantitative estimate of drug-likeness (QED) is 0.562. The van der Waals surface area contributed by atoms with Gasteiger partial charge in [-0.15, -0.1) is 0 Å². The van der Waals surface area contributed by atoms with Crippen molar-refractivity contribution in [2.45, 2.75) is 6.92 Å². The lowest BCUT2D eigenvalue weighted by Crippen LogP contribution is -2.28. The predicted molar refractivity (Wildman–Crippen MR) is 70.7 cm³/mol. The highest BCUT2D eigenvalue weighted by Crippen LogP contribution is 2.04. The molecule has 4 N–H and O–H groups in total. The normalized spacial score (nSPS) is 9.95. The number of amides is 2. The summed E-state index contributed by atoms with van der Waals surface area (Å²) < 4.78 is 4.92. The second kappa shape index (κ2) is 8.04. The summed E-state index contributed by atoms with van der Waals surface area (Å²) in [6, 6.07) is 3.42. The van der Waals surface area contributed by atoms with E-state index in [2.05, 4.69) is 15.6 Å². The smallest absolute Gasteiger partial charge is 0.252 e. The van der Waals surface area contributed by atoms with Gasteiger partial charge in [0, 0.05) is 19.3 Å². The molecule has 0 saturated heterocycles. The Labute approximate surface area is 111 Å². The number of nitrogens with two attached hydrogens (primary N) is 1. The number of pyridine rings is 1. The van der Waals surface area contributed by atoms with Crippen LogP contribution in [0.1, 0.15) is 17.3 Å². The number of hydrogen-bond acceptors (Lipinski definition) is 5. The maximum absolute atomic E-state index is 11.7. The number of nitrogens with zero attached hydrogens (tertiary/aromatic N) is 1. The highest BCUT2D eigenvalue weighted by atomic mass is 16.5. The van der Waals surface area contributed by atoms with Crippen LogP contribution in [0, 0.1) is 0 Å². The van der Waals surface area contributed by atoms with Crippen LogP contribution in [0.25, 0.3) is 0 Å². The molecule has 0 saturated carbocycles. The van der Waals surface area contributed by atoms with Crippen molar-refractivity contribution in [2.24, 2.45) is 5.73 Å². The van der Waals surface area contributed by atoms with Crippen LogP contribution < -0.4 is 16.4 Å². The molecule has 0 bridgehead atoms. The molecule has 1 rings (SSSR count). The number of nitrogens with one attached hydrogen (secondary N) is 2. The summed E-state index contributed by atoms with van der Waals surface area (Å²) in [6.45, 7) is 3.14. The lowest BCUT2D eigenvalue weighted by atomic mass is 10.2. The lowest BCUT2D eigenvalue weighted by Gasteiger charge is -2.06. The zero-order valence-electron chi connectivity index (χ0n) is 10.8. The van der Waals surface area contributed by atoms with E-state index >= 15 is 0 Å². The Morgan fingerprint density at radius 3 is 2.79 bits per heavy atom. The van der Waals surface area contributed by atoms with Gasteiger partial charge in [0.05, 0.1) is 12.2 Å². The molecule has 1 heterocycles. The minimum atomic E-state index is -0.533. The van der Waals surface area contributed by atoms with E-state index in [1.807, 2.05) is 6.92 Å². The Hall–Kier alpha value is -2.15. The summed E-state index contributed by atoms with van der Waals surface area (Å²) in [5.74, 6) is -0.0448. The zero-order chi connectivity index (χ0) is 14.1. The Morgan fingerprint density at radius 2 is 2.21 bits per heavy atom. The van der Waals surface area contributed by atoms with Gasteiger partial charge in [0.2, 0.25) is 5.91 Å². The summed E-state index contributed by atoms with van der Waals surface area (Å²) in [4.78, 5) is 26.2. The second-order valence-electron chi connectivity index (χ2n) is 3.74. The Kier molecular flexibility index (Phi) is 6.31. The first-order chi connectivity index (χ1) is 9.13. The largest absolute Gasteiger partial charge is 0.370 e. The molecule has 1 aromatic rings. The molecule has 1 aromatic heterocycles. The van der Waals surface area contributed by atoms with E-state index < -0.39 is 5.91 Å². The van der Waals surface area contributed by atoms with Crippen molar-refractivity contribution in [2.75, 3.05) is 31.6 Å². The summed E-state index contributed by atoms with van der Waals surface area (Å²) in [5, 5.41) is 5.69. The Bertz CT molecular complexity index is 419. The fourth-order valence-electron chi connectivity index (χ4n) is 1.33. The first kappa shape index (κ1) is 14.9. The number of aromatic nitrogens is 1. The Morgan fingerprint density at radius 1 is 1.42 bits per heavy atom. The number of anilines is 1. The van der Waals surface area contributed by atoms with Crippen LogP contribution in [0.5, 0.6) is 0 Å². The topological polar surface area (TPSA) is 106 Å². The van der Waals surface area contributed by atoms with Crippen molar-refractivity contribution in [1.82, 2.24) is 10.3 Å². The molecule has 0 unspecified atom stereocenters. The van der Waals surface area contributed by atoms with Crippen molar-refractivity contribution >= 4 is 17.6 Å². The molecule has 0 aromatic carbocycles. The van der Waals surface area contributed by atoms with Gasteiger partial charge < -0.3 is 21.1 Å². The highest BCUT2D eigenvalue weighted by Gasteiger charge is 2.05. The third-order valence-corrected chi connectivity index (χ3v) is 2.16. The van der Waals surface area contributed by atoms with Crippen LogP contribution in [0.4, 0.5) is 5.82 Å². The summed E-state index contributed by atoms with van der Waals surface area (Å²) >= 11 is 0. The molecule has 2 amide bonds. The predicted octanol–water partition coefficient (Wildman–Crippen LogP) is -0.255. The number of carbonyl (C=O) groups excluding carboxylic acids is 2. The summed E-state index contributed by atoms with van der Waals surface area (Å²) in [6.07, 6.45) is 1.50. The van der Waals surface area contributed by atoms with Gasteiger partial charge in [-0.2, -0.15) is 0 Å². The first-order valence-electron chi connectivity index (χ1n) is 5.97. The summed E-state index contributed by atoms with van der Waals surface area (Å²) in [5.41, 5.74) is 5.37. The van der Waals surface area contributed by atoms with Crippen molar-refractivity contribution in [3.63, 3.8) is 0 Å². The molecule has 0 fully saturated rings. The average Bonchev–Trinajstić information content (AvgIpc) is 2.39. The van der Waals surface area contributed by atoms with Crippen molar-refractivity contribution in [1.29, 1.82) is 0 Å². The van der Waals surface area contributed by atoms with Crippen molar-refractivity contribution < 1.29 is 14.3 Å². The van der Waals surface area contributed by atoms with Gasteiger partial charge in [0.1, 0.15) is 12.4 Å². The number of primary amides is 1. The van der Waals surface area contributed by atoms with Crippen molar-refractivity contribution in [3.8, 4) is 0 Å². The highest BCUT2D eigenvalue weighted by molar-refractivity contribution is 5.94. The zero-order valence-corrected chi connectivity index (χ0v) is 10.8. The standard InChI is InChI=1S/C12H18N4O3/c1-2-14-11-4-3-9(7-16-11)12(18)15-5-6-19-8-10(13)17/h3-4,7H,2,5-6,8H2,1H3,(H2,13,17)(H,14,16)(H,15,18). The molecule has 104 valence electrons. The minimum absolute atomic E-state index is 0.144. The number of hydrogen-bond donors (Lipinski definition) is 3. The molecule has 0 radical (unpaired) electrons. The van der Waals surface area contributed by atoms with Gasteiger partial charge >= 0.3 is 0 Å². The lowest BCUT2D eigenvalue weighted by molar-refractivity contribution is -0.122. The molecule has 0 atom stereocenters. The molecule has 0 aliphatic heterocycles. The third-order valence-electron chi connectivity index (χ3n) is 2.16. The van der Waals surface area contributed by atoms with Crippen LogP contribution >= 0.6 is 0 Å². The average molecular weight is 266 g/mol. The SMILES string of the molecule is CCNc1ccc(C(=O)NCCOCC(N)=O)cn1. The Balaban J connectivity index is 2.30. The van der Waals surface area contributed by atoms with Crippen LogP contribution in [0.3, 0.4) is 0 Å². The van der Waals surface area contributed by atoms with E-state index in [4.69, 9.17) is 10.5 Å².